The van der Waals surface area contributed by atoms with Gasteiger partial charge in [-0.05, 0) is 77.1 Å². The molecule has 2 fully saturated rings. The highest BCUT2D eigenvalue weighted by molar-refractivity contribution is 5.87. The summed E-state index contributed by atoms with van der Waals surface area (Å²) in [5, 5.41) is 2.75. The van der Waals surface area contributed by atoms with Gasteiger partial charge in [0.15, 0.2) is 0 Å². The highest BCUT2D eigenvalue weighted by Gasteiger charge is 2.55. The number of fused-ring (bicyclic) bond motifs is 2. The molecule has 1 saturated carbocycles. The zero-order chi connectivity index (χ0) is 29.0. The van der Waals surface area contributed by atoms with E-state index in [-0.39, 0.29) is 23.3 Å². The number of imidazole rings is 2. The van der Waals surface area contributed by atoms with Gasteiger partial charge in [-0.2, -0.15) is 0 Å². The first-order chi connectivity index (χ1) is 20.3. The fraction of sp³-hybridized carbons (Fsp3) is 0.333. The normalized spacial score (nSPS) is 18.2. The molecule has 1 saturated heterocycles. The Kier molecular flexibility index (Phi) is 6.26. The molecule has 3 aromatic carbocycles. The number of methoxy groups -OCH3 is 1. The fourth-order valence-corrected chi connectivity index (χ4v) is 6.29. The van der Waals surface area contributed by atoms with Crippen molar-refractivity contribution in [2.75, 3.05) is 13.7 Å². The van der Waals surface area contributed by atoms with E-state index >= 15 is 0 Å². The number of alkyl carbamates (subject to hydrolysis) is 1. The van der Waals surface area contributed by atoms with Crippen molar-refractivity contribution in [2.24, 2.45) is 11.3 Å². The van der Waals surface area contributed by atoms with Crippen LogP contribution < -0.4 is 5.32 Å². The molecule has 1 aliphatic carbocycles. The summed E-state index contributed by atoms with van der Waals surface area (Å²) in [7, 11) is 1.31. The van der Waals surface area contributed by atoms with Gasteiger partial charge in [0, 0.05) is 6.54 Å². The summed E-state index contributed by atoms with van der Waals surface area (Å²) >= 11 is 0. The molecule has 214 valence electrons. The molecule has 2 aromatic heterocycles. The van der Waals surface area contributed by atoms with Gasteiger partial charge in [-0.3, -0.25) is 4.79 Å². The largest absolute Gasteiger partial charge is 0.453 e. The zero-order valence-electron chi connectivity index (χ0n) is 24.0. The van der Waals surface area contributed by atoms with Crippen LogP contribution in [0, 0.1) is 11.3 Å². The van der Waals surface area contributed by atoms with Crippen LogP contribution in [0.4, 0.5) is 4.79 Å². The summed E-state index contributed by atoms with van der Waals surface area (Å²) in [5.74, 6) is 0.632. The Balaban J connectivity index is 1.15. The molecule has 2 aliphatic rings. The highest BCUT2D eigenvalue weighted by atomic mass is 16.5. The Labute approximate surface area is 243 Å². The summed E-state index contributed by atoms with van der Waals surface area (Å²) in [6.07, 6.45) is 4.22. The predicted octanol–water partition coefficient (Wildman–Crippen LogP) is 6.21. The van der Waals surface area contributed by atoms with Gasteiger partial charge in [-0.1, -0.05) is 50.2 Å². The average molecular weight is 563 g/mol. The van der Waals surface area contributed by atoms with Gasteiger partial charge in [0.05, 0.1) is 41.5 Å². The van der Waals surface area contributed by atoms with Crippen LogP contribution in [0.25, 0.3) is 44.3 Å². The average Bonchev–Trinajstić information content (AvgIpc) is 3.33. The Bertz CT molecular complexity index is 1800. The first-order valence-electron chi connectivity index (χ1n) is 14.5. The number of amides is 2. The second-order valence-corrected chi connectivity index (χ2v) is 12.1. The third kappa shape index (κ3) is 4.68. The summed E-state index contributed by atoms with van der Waals surface area (Å²) in [4.78, 5) is 43.7. The van der Waals surface area contributed by atoms with E-state index < -0.39 is 12.1 Å². The molecule has 9 heteroatoms. The number of carbonyl (C=O) groups excluding carboxylic acids is 2. The van der Waals surface area contributed by atoms with Gasteiger partial charge < -0.3 is 24.9 Å². The standard InChI is InChI=1S/C33H34N6O3/c1-19(2)29(38-32(41)42-3)31(40)39-17-33(12-13-33)16-28(39)30-36-25-11-9-23(15-27(25)37-30)21-6-4-20(5-7-21)22-8-10-24-26(14-22)35-18-34-24/h4-11,14-15,18-19,28-29H,12-13,16-17H2,1-3H3,(H,34,35)(H,36,37)(H,38,41). The van der Waals surface area contributed by atoms with Gasteiger partial charge >= 0.3 is 6.09 Å². The van der Waals surface area contributed by atoms with Gasteiger partial charge in [-0.25, -0.2) is 14.8 Å². The van der Waals surface area contributed by atoms with Crippen molar-refractivity contribution in [3.63, 3.8) is 0 Å². The number of benzene rings is 3. The molecule has 3 heterocycles. The number of carbonyl (C=O) groups is 2. The minimum Gasteiger partial charge on any atom is -0.453 e. The molecule has 9 nitrogen and oxygen atoms in total. The molecule has 5 aromatic rings. The number of hydrogen-bond acceptors (Lipinski definition) is 5. The highest BCUT2D eigenvalue weighted by Crippen LogP contribution is 2.58. The van der Waals surface area contributed by atoms with E-state index in [4.69, 9.17) is 9.72 Å². The van der Waals surface area contributed by atoms with E-state index in [0.717, 1.165) is 69.4 Å². The monoisotopic (exact) mass is 562 g/mol. The van der Waals surface area contributed by atoms with E-state index in [0.29, 0.717) is 6.54 Å². The molecule has 42 heavy (non-hydrogen) atoms. The maximum Gasteiger partial charge on any atom is 0.407 e. The van der Waals surface area contributed by atoms with Crippen molar-refractivity contribution in [2.45, 2.75) is 45.2 Å². The van der Waals surface area contributed by atoms with Crippen LogP contribution in [0.3, 0.4) is 0 Å². The van der Waals surface area contributed by atoms with Gasteiger partial charge in [-0.15, -0.1) is 0 Å². The van der Waals surface area contributed by atoms with Gasteiger partial charge in [0.2, 0.25) is 5.91 Å². The van der Waals surface area contributed by atoms with Crippen LogP contribution in [0.5, 0.6) is 0 Å². The number of likely N-dealkylation sites (tertiary alicyclic amines) is 1. The molecule has 2 atom stereocenters. The number of nitrogens with zero attached hydrogens (tertiary/aromatic N) is 3. The molecule has 7 rings (SSSR count). The number of hydrogen-bond donors (Lipinski definition) is 3. The van der Waals surface area contributed by atoms with Crippen molar-refractivity contribution in [3.8, 4) is 22.3 Å². The van der Waals surface area contributed by atoms with Crippen molar-refractivity contribution in [3.05, 3.63) is 72.8 Å². The van der Waals surface area contributed by atoms with Gasteiger partial charge in [0.25, 0.3) is 0 Å². The second-order valence-electron chi connectivity index (χ2n) is 12.1. The number of rotatable bonds is 6. The van der Waals surface area contributed by atoms with Crippen molar-refractivity contribution < 1.29 is 14.3 Å². The fourth-order valence-electron chi connectivity index (χ4n) is 6.29. The first kappa shape index (κ1) is 26.3. The van der Waals surface area contributed by atoms with Crippen LogP contribution in [0.15, 0.2) is 67.0 Å². The summed E-state index contributed by atoms with van der Waals surface area (Å²) in [5.41, 5.74) is 8.42. The van der Waals surface area contributed by atoms with Crippen LogP contribution in [-0.2, 0) is 9.53 Å². The maximum atomic E-state index is 13.8. The SMILES string of the molecule is COC(=O)NC(C(=O)N1CC2(CC2)CC1c1nc2ccc(-c3ccc(-c4ccc5nc[nH]c5c4)cc3)cc2[nH]1)C(C)C. The maximum absolute atomic E-state index is 13.8. The predicted molar refractivity (Wildman–Crippen MR) is 162 cm³/mol. The molecule has 1 spiro atoms. The molecule has 3 N–H and O–H groups in total. The van der Waals surface area contributed by atoms with Crippen molar-refractivity contribution in [1.82, 2.24) is 30.2 Å². The lowest BCUT2D eigenvalue weighted by molar-refractivity contribution is -0.135. The third-order valence-corrected chi connectivity index (χ3v) is 8.93. The Morgan fingerprint density at radius 2 is 1.60 bits per heavy atom. The summed E-state index contributed by atoms with van der Waals surface area (Å²) < 4.78 is 4.79. The molecule has 0 radical (unpaired) electrons. The lowest BCUT2D eigenvalue weighted by Crippen LogP contribution is -2.51. The van der Waals surface area contributed by atoms with E-state index in [1.807, 2.05) is 30.9 Å². The van der Waals surface area contributed by atoms with Crippen LogP contribution in [0.2, 0.25) is 0 Å². The topological polar surface area (TPSA) is 116 Å². The Morgan fingerprint density at radius 1 is 0.952 bits per heavy atom. The molecular weight excluding hydrogens is 528 g/mol. The van der Waals surface area contributed by atoms with Crippen LogP contribution >= 0.6 is 0 Å². The summed E-state index contributed by atoms with van der Waals surface area (Å²) in [6, 6.07) is 20.2. The van der Waals surface area contributed by atoms with Crippen LogP contribution in [-0.4, -0.2) is 56.5 Å². The van der Waals surface area contributed by atoms with Crippen molar-refractivity contribution in [1.29, 1.82) is 0 Å². The summed E-state index contributed by atoms with van der Waals surface area (Å²) in [6.45, 7) is 4.55. The lowest BCUT2D eigenvalue weighted by Gasteiger charge is -2.30. The molecule has 2 amide bonds. The lowest BCUT2D eigenvalue weighted by atomic mass is 10.00. The first-order valence-corrected chi connectivity index (χ1v) is 14.5. The number of H-pyrrole nitrogens is 2. The quantitative estimate of drug-likeness (QED) is 0.228. The smallest absolute Gasteiger partial charge is 0.407 e. The Hall–Kier alpha value is -4.66. The number of nitrogens with one attached hydrogen (secondary N) is 3. The Morgan fingerprint density at radius 3 is 2.24 bits per heavy atom. The van der Waals surface area contributed by atoms with E-state index in [1.165, 1.54) is 7.11 Å². The van der Waals surface area contributed by atoms with E-state index in [1.54, 1.807) is 6.33 Å². The third-order valence-electron chi connectivity index (χ3n) is 8.93. The molecule has 1 aliphatic heterocycles. The number of ether oxygens (including phenoxy) is 1. The van der Waals surface area contributed by atoms with Crippen LogP contribution in [0.1, 0.15) is 45.0 Å². The molecule has 2 unspecified atom stereocenters. The minimum atomic E-state index is -0.658. The van der Waals surface area contributed by atoms with E-state index in [2.05, 4.69) is 68.8 Å². The second kappa shape index (κ2) is 10.0. The zero-order valence-corrected chi connectivity index (χ0v) is 24.0. The van der Waals surface area contributed by atoms with Crippen molar-refractivity contribution >= 4 is 34.1 Å². The number of aromatic amines is 2. The van der Waals surface area contributed by atoms with E-state index in [9.17, 15) is 9.59 Å². The van der Waals surface area contributed by atoms with Gasteiger partial charge in [0.1, 0.15) is 11.9 Å². The number of aromatic nitrogens is 4. The molecule has 0 bridgehead atoms. The molecular formula is C33H34N6O3. The minimum absolute atomic E-state index is 0.0778.